The molecule has 1 saturated heterocycles. The molecule has 1 N–H and O–H groups in total. The summed E-state index contributed by atoms with van der Waals surface area (Å²) >= 11 is 5.79. The highest BCUT2D eigenvalue weighted by Crippen LogP contribution is 2.17. The molecule has 1 aliphatic heterocycles. The number of sulfonamides is 1. The minimum absolute atomic E-state index is 0.0413. The van der Waals surface area contributed by atoms with Crippen molar-refractivity contribution in [3.05, 3.63) is 59.6 Å². The van der Waals surface area contributed by atoms with Gasteiger partial charge in [-0.15, -0.1) is 0 Å². The zero-order valence-corrected chi connectivity index (χ0v) is 18.8. The summed E-state index contributed by atoms with van der Waals surface area (Å²) in [5, 5.41) is 2.93. The Kier molecular flexibility index (Phi) is 7.53. The van der Waals surface area contributed by atoms with Gasteiger partial charge in [-0.25, -0.2) is 8.42 Å². The number of para-hydroxylation sites is 1. The van der Waals surface area contributed by atoms with Gasteiger partial charge in [0, 0.05) is 43.9 Å². The van der Waals surface area contributed by atoms with Crippen LogP contribution in [0.1, 0.15) is 0 Å². The minimum atomic E-state index is -3.83. The molecule has 0 spiro atoms. The predicted molar refractivity (Wildman–Crippen MR) is 120 cm³/mol. The maximum absolute atomic E-state index is 12.5. The molecule has 0 atom stereocenters. The molecule has 0 unspecified atom stereocenters. The zero-order valence-electron chi connectivity index (χ0n) is 17.2. The van der Waals surface area contributed by atoms with E-state index in [9.17, 15) is 18.0 Å². The first-order valence-corrected chi connectivity index (χ1v) is 11.7. The lowest BCUT2D eigenvalue weighted by molar-refractivity contribution is -0.133. The smallest absolute Gasteiger partial charge is 0.243 e. The van der Waals surface area contributed by atoms with Gasteiger partial charge in [-0.2, -0.15) is 4.31 Å². The molecule has 166 valence electrons. The van der Waals surface area contributed by atoms with Crippen LogP contribution in [-0.4, -0.2) is 75.8 Å². The van der Waals surface area contributed by atoms with Crippen molar-refractivity contribution in [3.8, 4) is 0 Å². The highest BCUT2D eigenvalue weighted by molar-refractivity contribution is 7.89. The first kappa shape index (κ1) is 23.1. The number of likely N-dealkylation sites (N-methyl/N-ethyl adjacent to an activating group) is 1. The Morgan fingerprint density at radius 1 is 1.00 bits per heavy atom. The van der Waals surface area contributed by atoms with Gasteiger partial charge in [-0.05, 0) is 36.4 Å². The number of nitrogens with zero attached hydrogens (tertiary/aromatic N) is 3. The van der Waals surface area contributed by atoms with E-state index in [1.54, 1.807) is 4.90 Å². The predicted octanol–water partition coefficient (Wildman–Crippen LogP) is 1.43. The Bertz CT molecular complexity index is 1010. The minimum Gasteiger partial charge on any atom is -0.368 e. The third-order valence-corrected chi connectivity index (χ3v) is 7.15. The van der Waals surface area contributed by atoms with E-state index in [1.807, 2.05) is 30.3 Å². The molecule has 10 heteroatoms. The second-order valence-corrected chi connectivity index (χ2v) is 9.68. The van der Waals surface area contributed by atoms with Crippen molar-refractivity contribution in [1.29, 1.82) is 0 Å². The number of anilines is 1. The largest absolute Gasteiger partial charge is 0.368 e. The lowest BCUT2D eigenvalue weighted by Gasteiger charge is -2.36. The third-order valence-electron chi connectivity index (χ3n) is 5.08. The van der Waals surface area contributed by atoms with Crippen molar-refractivity contribution in [2.75, 3.05) is 51.2 Å². The molecule has 0 aromatic heterocycles. The Labute approximate surface area is 187 Å². The maximum Gasteiger partial charge on any atom is 0.243 e. The molecule has 1 fully saturated rings. The molecule has 2 aromatic rings. The normalized spacial score (nSPS) is 14.5. The zero-order chi connectivity index (χ0) is 22.4. The summed E-state index contributed by atoms with van der Waals surface area (Å²) < 4.78 is 26.0. The van der Waals surface area contributed by atoms with E-state index < -0.39 is 15.9 Å². The fraction of sp³-hybridized carbons (Fsp3) is 0.333. The number of carbonyl (C=O) groups excluding carboxylic acids is 2. The van der Waals surface area contributed by atoms with E-state index in [-0.39, 0.29) is 23.9 Å². The van der Waals surface area contributed by atoms with Crippen LogP contribution >= 0.6 is 11.6 Å². The molecule has 1 heterocycles. The molecule has 3 rings (SSSR count). The van der Waals surface area contributed by atoms with E-state index in [1.165, 1.54) is 31.3 Å². The van der Waals surface area contributed by atoms with Gasteiger partial charge in [0.15, 0.2) is 0 Å². The lowest BCUT2D eigenvalue weighted by Crippen LogP contribution is -2.51. The number of hydrogen-bond acceptors (Lipinski definition) is 5. The fourth-order valence-corrected chi connectivity index (χ4v) is 4.52. The Balaban J connectivity index is 1.45. The summed E-state index contributed by atoms with van der Waals surface area (Å²) in [7, 11) is -2.52. The van der Waals surface area contributed by atoms with Gasteiger partial charge in [-0.1, -0.05) is 29.8 Å². The second kappa shape index (κ2) is 10.1. The van der Waals surface area contributed by atoms with E-state index in [2.05, 4.69) is 10.2 Å². The second-order valence-electron chi connectivity index (χ2n) is 7.20. The van der Waals surface area contributed by atoms with Crippen LogP contribution in [0, 0.1) is 0 Å². The molecule has 31 heavy (non-hydrogen) atoms. The van der Waals surface area contributed by atoms with Gasteiger partial charge in [0.2, 0.25) is 21.8 Å². The average molecular weight is 465 g/mol. The number of hydrogen-bond donors (Lipinski definition) is 1. The van der Waals surface area contributed by atoms with Crippen molar-refractivity contribution in [2.24, 2.45) is 0 Å². The highest BCUT2D eigenvalue weighted by Gasteiger charge is 2.24. The molecule has 2 amide bonds. The molecule has 0 saturated carbocycles. The molecule has 8 nitrogen and oxygen atoms in total. The Hall–Kier alpha value is -2.62. The van der Waals surface area contributed by atoms with Gasteiger partial charge >= 0.3 is 0 Å². The Morgan fingerprint density at radius 2 is 1.61 bits per heavy atom. The van der Waals surface area contributed by atoms with Gasteiger partial charge in [-0.3, -0.25) is 9.59 Å². The van der Waals surface area contributed by atoms with Crippen molar-refractivity contribution in [3.63, 3.8) is 0 Å². The number of piperazine rings is 1. The Morgan fingerprint density at radius 3 is 2.23 bits per heavy atom. The third kappa shape index (κ3) is 5.96. The molecule has 0 bridgehead atoms. The van der Waals surface area contributed by atoms with Crippen LogP contribution in [0.15, 0.2) is 59.5 Å². The summed E-state index contributed by atoms with van der Waals surface area (Å²) in [5.41, 5.74) is 1.12. The summed E-state index contributed by atoms with van der Waals surface area (Å²) in [6, 6.07) is 15.7. The van der Waals surface area contributed by atoms with Crippen LogP contribution in [0.3, 0.4) is 0 Å². The van der Waals surface area contributed by atoms with E-state index in [0.717, 1.165) is 9.99 Å². The van der Waals surface area contributed by atoms with Crippen LogP contribution in [0.5, 0.6) is 0 Å². The number of amides is 2. The lowest BCUT2D eigenvalue weighted by atomic mass is 10.2. The van der Waals surface area contributed by atoms with Crippen molar-refractivity contribution >= 4 is 39.1 Å². The molecular formula is C21H25ClN4O4S. The average Bonchev–Trinajstić information content (AvgIpc) is 2.78. The van der Waals surface area contributed by atoms with Crippen LogP contribution in [-0.2, 0) is 19.6 Å². The van der Waals surface area contributed by atoms with E-state index in [0.29, 0.717) is 31.2 Å². The fourth-order valence-electron chi connectivity index (χ4n) is 3.27. The number of rotatable bonds is 7. The van der Waals surface area contributed by atoms with Crippen LogP contribution in [0.25, 0.3) is 0 Å². The monoisotopic (exact) mass is 464 g/mol. The van der Waals surface area contributed by atoms with Gasteiger partial charge in [0.25, 0.3) is 0 Å². The van der Waals surface area contributed by atoms with Crippen molar-refractivity contribution in [1.82, 2.24) is 14.5 Å². The summed E-state index contributed by atoms with van der Waals surface area (Å²) in [5.74, 6) is -0.736. The molecular weight excluding hydrogens is 440 g/mol. The quantitative estimate of drug-likeness (QED) is 0.669. The number of halogens is 1. The number of nitrogens with one attached hydrogen (secondary N) is 1. The summed E-state index contributed by atoms with van der Waals surface area (Å²) in [4.78, 5) is 28.6. The van der Waals surface area contributed by atoms with E-state index >= 15 is 0 Å². The van der Waals surface area contributed by atoms with E-state index in [4.69, 9.17) is 11.6 Å². The summed E-state index contributed by atoms with van der Waals surface area (Å²) in [6.45, 7) is 2.00. The van der Waals surface area contributed by atoms with Gasteiger partial charge < -0.3 is 15.1 Å². The standard InChI is InChI=1S/C21H25ClN4O4S/c1-24(31(29,30)19-9-7-17(22)8-10-19)16-20(27)23-15-21(28)26-13-11-25(12-14-26)18-5-3-2-4-6-18/h2-10H,11-16H2,1H3,(H,23,27). The molecule has 0 radical (unpaired) electrons. The van der Waals surface area contributed by atoms with Crippen LogP contribution in [0.2, 0.25) is 5.02 Å². The van der Waals surface area contributed by atoms with Crippen LogP contribution < -0.4 is 10.2 Å². The molecule has 1 aliphatic rings. The molecule has 2 aromatic carbocycles. The first-order valence-electron chi connectivity index (χ1n) is 9.84. The van der Waals surface area contributed by atoms with Crippen LogP contribution in [0.4, 0.5) is 5.69 Å². The van der Waals surface area contributed by atoms with Gasteiger partial charge in [0.05, 0.1) is 18.0 Å². The number of carbonyl (C=O) groups is 2. The highest BCUT2D eigenvalue weighted by atomic mass is 35.5. The topological polar surface area (TPSA) is 90.0 Å². The maximum atomic E-state index is 12.5. The van der Waals surface area contributed by atoms with Crippen molar-refractivity contribution < 1.29 is 18.0 Å². The number of benzene rings is 2. The van der Waals surface area contributed by atoms with Gasteiger partial charge in [0.1, 0.15) is 0 Å². The first-order chi connectivity index (χ1) is 14.8. The molecule has 0 aliphatic carbocycles. The SMILES string of the molecule is CN(CC(=O)NCC(=O)N1CCN(c2ccccc2)CC1)S(=O)(=O)c1ccc(Cl)cc1. The van der Waals surface area contributed by atoms with Crippen molar-refractivity contribution in [2.45, 2.75) is 4.90 Å². The summed E-state index contributed by atoms with van der Waals surface area (Å²) in [6.07, 6.45) is 0.